The van der Waals surface area contributed by atoms with E-state index in [-0.39, 0.29) is 22.2 Å². The van der Waals surface area contributed by atoms with Crippen LogP contribution in [0.1, 0.15) is 5.56 Å². The van der Waals surface area contributed by atoms with Gasteiger partial charge in [0.05, 0.1) is 17.4 Å². The van der Waals surface area contributed by atoms with Crippen molar-refractivity contribution in [1.29, 1.82) is 0 Å². The monoisotopic (exact) mass is 288 g/mol. The van der Waals surface area contributed by atoms with Gasteiger partial charge in [-0.15, -0.1) is 0 Å². The maximum absolute atomic E-state index is 12.6. The Morgan fingerprint density at radius 2 is 1.95 bits per heavy atom. The SMILES string of the molecule is Nc1cncnc1Nc1cc(Cl)cc(C(F)(F)F)c1. The molecule has 2 rings (SSSR count). The zero-order valence-electron chi connectivity index (χ0n) is 9.37. The van der Waals surface area contributed by atoms with E-state index in [1.807, 2.05) is 0 Å². The summed E-state index contributed by atoms with van der Waals surface area (Å²) in [6, 6.07) is 3.11. The topological polar surface area (TPSA) is 63.8 Å². The number of hydrogen-bond donors (Lipinski definition) is 2. The fraction of sp³-hybridized carbons (Fsp3) is 0.0909. The Morgan fingerprint density at radius 1 is 1.21 bits per heavy atom. The maximum Gasteiger partial charge on any atom is 0.416 e. The Morgan fingerprint density at radius 3 is 2.58 bits per heavy atom. The number of rotatable bonds is 2. The fourth-order valence-electron chi connectivity index (χ4n) is 1.41. The smallest absolute Gasteiger partial charge is 0.394 e. The van der Waals surface area contributed by atoms with Gasteiger partial charge in [0, 0.05) is 10.7 Å². The molecule has 0 unspecified atom stereocenters. The molecule has 0 fully saturated rings. The van der Waals surface area contributed by atoms with Crippen molar-refractivity contribution < 1.29 is 13.2 Å². The number of hydrogen-bond acceptors (Lipinski definition) is 4. The lowest BCUT2D eigenvalue weighted by Gasteiger charge is -2.12. The first-order chi connectivity index (χ1) is 8.86. The van der Waals surface area contributed by atoms with Crippen LogP contribution in [0.15, 0.2) is 30.7 Å². The van der Waals surface area contributed by atoms with Crippen LogP contribution in [-0.2, 0) is 6.18 Å². The molecule has 8 heteroatoms. The van der Waals surface area contributed by atoms with Gasteiger partial charge >= 0.3 is 6.18 Å². The lowest BCUT2D eigenvalue weighted by atomic mass is 10.2. The first kappa shape index (κ1) is 13.4. The number of nitrogens with one attached hydrogen (secondary N) is 1. The van der Waals surface area contributed by atoms with E-state index in [4.69, 9.17) is 17.3 Å². The number of benzene rings is 1. The number of nitrogen functional groups attached to an aromatic ring is 1. The van der Waals surface area contributed by atoms with Crippen LogP contribution < -0.4 is 11.1 Å². The Kier molecular flexibility index (Phi) is 3.48. The maximum atomic E-state index is 12.6. The molecule has 100 valence electrons. The minimum atomic E-state index is -4.47. The molecule has 2 aromatic rings. The van der Waals surface area contributed by atoms with Crippen molar-refractivity contribution in [2.45, 2.75) is 6.18 Å². The molecule has 4 nitrogen and oxygen atoms in total. The zero-order valence-corrected chi connectivity index (χ0v) is 10.1. The van der Waals surface area contributed by atoms with Gasteiger partial charge in [-0.2, -0.15) is 13.2 Å². The van der Waals surface area contributed by atoms with Gasteiger partial charge in [-0.25, -0.2) is 9.97 Å². The third kappa shape index (κ3) is 3.25. The summed E-state index contributed by atoms with van der Waals surface area (Å²) in [6.45, 7) is 0. The molecule has 1 aromatic carbocycles. The van der Waals surface area contributed by atoms with Gasteiger partial charge in [-0.1, -0.05) is 11.6 Å². The average molecular weight is 289 g/mol. The van der Waals surface area contributed by atoms with E-state index in [0.717, 1.165) is 12.1 Å². The van der Waals surface area contributed by atoms with Crippen molar-refractivity contribution in [3.63, 3.8) is 0 Å². The standard InChI is InChI=1S/C11H8ClF3N4/c12-7-1-6(11(13,14)15)2-8(3-7)19-10-9(16)4-17-5-18-10/h1-5H,16H2,(H,17,18,19). The molecule has 0 aliphatic heterocycles. The van der Waals surface area contributed by atoms with E-state index < -0.39 is 11.7 Å². The van der Waals surface area contributed by atoms with Gasteiger partial charge < -0.3 is 11.1 Å². The van der Waals surface area contributed by atoms with Gasteiger partial charge in [0.25, 0.3) is 0 Å². The highest BCUT2D eigenvalue weighted by molar-refractivity contribution is 6.31. The molecule has 0 aliphatic rings. The second kappa shape index (κ2) is 4.93. The average Bonchev–Trinajstić information content (AvgIpc) is 2.30. The van der Waals surface area contributed by atoms with Crippen molar-refractivity contribution in [3.8, 4) is 0 Å². The normalized spacial score (nSPS) is 11.4. The lowest BCUT2D eigenvalue weighted by Crippen LogP contribution is -2.06. The van der Waals surface area contributed by atoms with E-state index in [2.05, 4.69) is 15.3 Å². The van der Waals surface area contributed by atoms with Gasteiger partial charge in [-0.05, 0) is 18.2 Å². The number of halogens is 4. The summed E-state index contributed by atoms with van der Waals surface area (Å²) >= 11 is 5.66. The van der Waals surface area contributed by atoms with E-state index in [1.54, 1.807) is 0 Å². The van der Waals surface area contributed by atoms with Gasteiger partial charge in [0.2, 0.25) is 0 Å². The van der Waals surface area contributed by atoms with Crippen LogP contribution in [0.25, 0.3) is 0 Å². The summed E-state index contributed by atoms with van der Waals surface area (Å²) in [7, 11) is 0. The molecular weight excluding hydrogens is 281 g/mol. The summed E-state index contributed by atoms with van der Waals surface area (Å²) in [5.41, 5.74) is 5.10. The van der Waals surface area contributed by atoms with Crippen molar-refractivity contribution in [2.75, 3.05) is 11.1 Å². The molecular formula is C11H8ClF3N4. The van der Waals surface area contributed by atoms with E-state index >= 15 is 0 Å². The molecule has 0 bridgehead atoms. The highest BCUT2D eigenvalue weighted by atomic mass is 35.5. The minimum absolute atomic E-state index is 0.0371. The molecule has 19 heavy (non-hydrogen) atoms. The number of anilines is 3. The Balaban J connectivity index is 2.36. The van der Waals surface area contributed by atoms with E-state index in [1.165, 1.54) is 18.6 Å². The van der Waals surface area contributed by atoms with Crippen molar-refractivity contribution in [3.05, 3.63) is 41.3 Å². The van der Waals surface area contributed by atoms with E-state index in [9.17, 15) is 13.2 Å². The van der Waals surface area contributed by atoms with Crippen LogP contribution in [0.4, 0.5) is 30.4 Å². The van der Waals surface area contributed by atoms with Crippen LogP contribution >= 0.6 is 11.6 Å². The molecule has 0 spiro atoms. The molecule has 0 saturated carbocycles. The van der Waals surface area contributed by atoms with Crippen LogP contribution in [0.5, 0.6) is 0 Å². The lowest BCUT2D eigenvalue weighted by molar-refractivity contribution is -0.137. The summed E-state index contributed by atoms with van der Waals surface area (Å²) in [5.74, 6) is 0.213. The van der Waals surface area contributed by atoms with Gasteiger partial charge in [0.1, 0.15) is 6.33 Å². The molecule has 0 amide bonds. The highest BCUT2D eigenvalue weighted by Crippen LogP contribution is 2.34. The molecule has 1 heterocycles. The van der Waals surface area contributed by atoms with Gasteiger partial charge in [0.15, 0.2) is 5.82 Å². The number of alkyl halides is 3. The van der Waals surface area contributed by atoms with Crippen LogP contribution in [-0.4, -0.2) is 9.97 Å². The third-order valence-corrected chi connectivity index (χ3v) is 2.45. The predicted octanol–water partition coefficient (Wildman–Crippen LogP) is 3.47. The second-order valence-electron chi connectivity index (χ2n) is 3.68. The minimum Gasteiger partial charge on any atom is -0.394 e. The van der Waals surface area contributed by atoms with E-state index in [0.29, 0.717) is 0 Å². The quantitative estimate of drug-likeness (QED) is 0.888. The fourth-order valence-corrected chi connectivity index (χ4v) is 1.64. The summed E-state index contributed by atoms with van der Waals surface area (Å²) in [4.78, 5) is 7.50. The number of nitrogens with zero attached hydrogens (tertiary/aromatic N) is 2. The summed E-state index contributed by atoms with van der Waals surface area (Å²) in [5, 5.41) is 2.63. The van der Waals surface area contributed by atoms with Crippen molar-refractivity contribution in [2.24, 2.45) is 0 Å². The molecule has 0 radical (unpaired) electrons. The Hall–Kier alpha value is -2.02. The van der Waals surface area contributed by atoms with Crippen LogP contribution in [0, 0.1) is 0 Å². The summed E-state index contributed by atoms with van der Waals surface area (Å²) < 4.78 is 37.9. The van der Waals surface area contributed by atoms with Crippen LogP contribution in [0.3, 0.4) is 0 Å². The molecule has 1 aromatic heterocycles. The zero-order chi connectivity index (χ0) is 14.0. The molecule has 0 atom stereocenters. The largest absolute Gasteiger partial charge is 0.416 e. The predicted molar refractivity (Wildman–Crippen MR) is 66.2 cm³/mol. The third-order valence-electron chi connectivity index (χ3n) is 2.23. The molecule has 0 saturated heterocycles. The molecule has 0 aliphatic carbocycles. The van der Waals surface area contributed by atoms with Crippen LogP contribution in [0.2, 0.25) is 5.02 Å². The van der Waals surface area contributed by atoms with Gasteiger partial charge in [-0.3, -0.25) is 0 Å². The first-order valence-corrected chi connectivity index (χ1v) is 5.44. The summed E-state index contributed by atoms with van der Waals surface area (Å²) in [6.07, 6.45) is -1.91. The van der Waals surface area contributed by atoms with Crippen molar-refractivity contribution in [1.82, 2.24) is 9.97 Å². The highest BCUT2D eigenvalue weighted by Gasteiger charge is 2.31. The second-order valence-corrected chi connectivity index (χ2v) is 4.11. The Labute approximate surface area is 111 Å². The number of aromatic nitrogens is 2. The first-order valence-electron chi connectivity index (χ1n) is 5.06. The Bertz CT molecular complexity index is 601. The number of nitrogens with two attached hydrogens (primary N) is 1. The van der Waals surface area contributed by atoms with Crippen molar-refractivity contribution >= 4 is 28.8 Å². The molecule has 3 N–H and O–H groups in total.